The molecule has 0 radical (unpaired) electrons. The maximum absolute atomic E-state index is 13.0. The monoisotopic (exact) mass is 389 g/mol. The maximum atomic E-state index is 13.0. The minimum Gasteiger partial charge on any atom is -0.468 e. The summed E-state index contributed by atoms with van der Waals surface area (Å²) in [5, 5.41) is 8.05. The van der Waals surface area contributed by atoms with E-state index in [1.54, 1.807) is 35.6 Å². The molecule has 7 nitrogen and oxygen atoms in total. The van der Waals surface area contributed by atoms with E-state index in [1.807, 2.05) is 30.5 Å². The van der Waals surface area contributed by atoms with E-state index in [2.05, 4.69) is 5.10 Å². The zero-order chi connectivity index (χ0) is 19.4. The first-order valence-electron chi connectivity index (χ1n) is 8.80. The standard InChI is InChI=1S/C19H23N3O4S/c1-4-14(19(24)25-3)21(2)12-18(23)22-15(17-8-6-10-27-17)11-13(20-22)16-7-5-9-26-16/h5-10,14-15H,4,11-12H2,1-3H3/t14-,15-/m0/s1. The fourth-order valence-corrected chi connectivity index (χ4v) is 4.04. The molecule has 3 heterocycles. The molecule has 0 unspecified atom stereocenters. The van der Waals surface area contributed by atoms with Crippen LogP contribution in [0.4, 0.5) is 0 Å². The summed E-state index contributed by atoms with van der Waals surface area (Å²) in [4.78, 5) is 27.7. The highest BCUT2D eigenvalue weighted by molar-refractivity contribution is 7.10. The van der Waals surface area contributed by atoms with Gasteiger partial charge in [-0.25, -0.2) is 5.01 Å². The number of esters is 1. The van der Waals surface area contributed by atoms with Gasteiger partial charge >= 0.3 is 5.97 Å². The molecule has 1 aliphatic heterocycles. The summed E-state index contributed by atoms with van der Waals surface area (Å²) < 4.78 is 10.3. The van der Waals surface area contributed by atoms with E-state index in [9.17, 15) is 9.59 Å². The van der Waals surface area contributed by atoms with Crippen molar-refractivity contribution >= 4 is 28.9 Å². The largest absolute Gasteiger partial charge is 0.468 e. The summed E-state index contributed by atoms with van der Waals surface area (Å²) >= 11 is 1.59. The molecule has 1 amide bonds. The molecule has 144 valence electrons. The smallest absolute Gasteiger partial charge is 0.323 e. The van der Waals surface area contributed by atoms with Crippen LogP contribution in [0.1, 0.15) is 36.4 Å². The lowest BCUT2D eigenvalue weighted by Gasteiger charge is -2.27. The van der Waals surface area contributed by atoms with E-state index in [0.717, 1.165) is 10.6 Å². The molecule has 0 bridgehead atoms. The zero-order valence-electron chi connectivity index (χ0n) is 15.6. The molecule has 27 heavy (non-hydrogen) atoms. The molecule has 2 atom stereocenters. The number of hydrogen-bond donors (Lipinski definition) is 0. The van der Waals surface area contributed by atoms with Crippen LogP contribution in [-0.2, 0) is 14.3 Å². The predicted molar refractivity (Wildman–Crippen MR) is 102 cm³/mol. The number of ether oxygens (including phenoxy) is 1. The maximum Gasteiger partial charge on any atom is 0.323 e. The lowest BCUT2D eigenvalue weighted by molar-refractivity contribution is -0.147. The number of carbonyl (C=O) groups excluding carboxylic acids is 2. The van der Waals surface area contributed by atoms with Crippen molar-refractivity contribution < 1.29 is 18.7 Å². The third-order valence-electron chi connectivity index (χ3n) is 4.62. The SMILES string of the molecule is CC[C@@H](C(=O)OC)N(C)CC(=O)N1N=C(c2ccco2)C[C@H]1c1cccs1. The van der Waals surface area contributed by atoms with E-state index < -0.39 is 6.04 Å². The Kier molecular flexibility index (Phi) is 6.08. The van der Waals surface area contributed by atoms with Crippen LogP contribution in [0, 0.1) is 0 Å². The van der Waals surface area contributed by atoms with E-state index in [1.165, 1.54) is 12.1 Å². The van der Waals surface area contributed by atoms with Crippen molar-refractivity contribution in [2.75, 3.05) is 20.7 Å². The first-order chi connectivity index (χ1) is 13.0. The predicted octanol–water partition coefficient (Wildman–Crippen LogP) is 2.90. The molecule has 0 N–H and O–H groups in total. The van der Waals surface area contributed by atoms with Crippen molar-refractivity contribution in [2.45, 2.75) is 31.8 Å². The molecule has 8 heteroatoms. The van der Waals surface area contributed by atoms with Gasteiger partial charge in [-0.15, -0.1) is 11.3 Å². The van der Waals surface area contributed by atoms with Gasteiger partial charge in [0.15, 0.2) is 0 Å². The van der Waals surface area contributed by atoms with E-state index >= 15 is 0 Å². The Morgan fingerprint density at radius 2 is 2.26 bits per heavy atom. The molecule has 0 saturated heterocycles. The number of carbonyl (C=O) groups is 2. The van der Waals surface area contributed by atoms with Gasteiger partial charge in [0.1, 0.15) is 17.5 Å². The topological polar surface area (TPSA) is 75.3 Å². The number of rotatable bonds is 7. The molecule has 2 aromatic rings. The molecule has 3 rings (SSSR count). The zero-order valence-corrected chi connectivity index (χ0v) is 16.4. The second-order valence-corrected chi connectivity index (χ2v) is 7.34. The number of hydrazone groups is 1. The highest BCUT2D eigenvalue weighted by Crippen LogP contribution is 2.35. The van der Waals surface area contributed by atoms with Crippen LogP contribution < -0.4 is 0 Å². The summed E-state index contributed by atoms with van der Waals surface area (Å²) in [6.07, 6.45) is 2.75. The second-order valence-electron chi connectivity index (χ2n) is 6.36. The van der Waals surface area contributed by atoms with Gasteiger partial charge in [0.05, 0.1) is 26.0 Å². The summed E-state index contributed by atoms with van der Waals surface area (Å²) in [6.45, 7) is 1.96. The molecule has 1 aliphatic rings. The minimum absolute atomic E-state index is 0.0738. The Hall–Kier alpha value is -2.45. The fourth-order valence-electron chi connectivity index (χ4n) is 3.22. The van der Waals surface area contributed by atoms with Gasteiger partial charge in [0, 0.05) is 11.3 Å². The van der Waals surface area contributed by atoms with Crippen LogP contribution in [0.15, 0.2) is 45.4 Å². The van der Waals surface area contributed by atoms with Gasteiger partial charge in [-0.3, -0.25) is 14.5 Å². The van der Waals surface area contributed by atoms with Crippen molar-refractivity contribution in [3.63, 3.8) is 0 Å². The molecule has 0 saturated carbocycles. The summed E-state index contributed by atoms with van der Waals surface area (Å²) in [6, 6.07) is 6.99. The Balaban J connectivity index is 1.80. The van der Waals surface area contributed by atoms with Crippen molar-refractivity contribution in [1.29, 1.82) is 0 Å². The molecular formula is C19H23N3O4S. The van der Waals surface area contributed by atoms with Gasteiger partial charge in [0.2, 0.25) is 0 Å². The summed E-state index contributed by atoms with van der Waals surface area (Å²) in [7, 11) is 3.10. The van der Waals surface area contributed by atoms with Gasteiger partial charge in [-0.2, -0.15) is 5.10 Å². The van der Waals surface area contributed by atoms with Crippen LogP contribution in [0.2, 0.25) is 0 Å². The highest BCUT2D eigenvalue weighted by atomic mass is 32.1. The third kappa shape index (κ3) is 4.12. The number of hydrogen-bond acceptors (Lipinski definition) is 7. The van der Waals surface area contributed by atoms with Crippen molar-refractivity contribution in [3.05, 3.63) is 46.5 Å². The molecule has 0 aromatic carbocycles. The Morgan fingerprint density at radius 3 is 2.85 bits per heavy atom. The van der Waals surface area contributed by atoms with Crippen LogP contribution in [0.3, 0.4) is 0 Å². The lowest BCUT2D eigenvalue weighted by Crippen LogP contribution is -2.44. The third-order valence-corrected chi connectivity index (χ3v) is 5.59. The summed E-state index contributed by atoms with van der Waals surface area (Å²) in [5.41, 5.74) is 0.745. The van der Waals surface area contributed by atoms with Gasteiger partial charge in [0.25, 0.3) is 5.91 Å². The molecule has 2 aromatic heterocycles. The van der Waals surface area contributed by atoms with Crippen LogP contribution in [0.5, 0.6) is 0 Å². The number of methoxy groups -OCH3 is 1. The number of likely N-dealkylation sites (N-methyl/N-ethyl adjacent to an activating group) is 1. The first-order valence-corrected chi connectivity index (χ1v) is 9.68. The first kappa shape index (κ1) is 19.3. The number of thiophene rings is 1. The average molecular weight is 389 g/mol. The van der Waals surface area contributed by atoms with Gasteiger partial charge in [-0.1, -0.05) is 13.0 Å². The van der Waals surface area contributed by atoms with E-state index in [4.69, 9.17) is 9.15 Å². The lowest BCUT2D eigenvalue weighted by atomic mass is 10.1. The Labute approximate surface area is 162 Å². The number of amides is 1. The summed E-state index contributed by atoms with van der Waals surface area (Å²) in [5.74, 6) is 0.157. The average Bonchev–Trinajstić information content (AvgIpc) is 3.41. The molecule has 0 aliphatic carbocycles. The molecular weight excluding hydrogens is 366 g/mol. The van der Waals surface area contributed by atoms with Crippen LogP contribution in [0.25, 0.3) is 0 Å². The fraction of sp³-hybridized carbons (Fsp3) is 0.421. The Bertz CT molecular complexity index is 801. The van der Waals surface area contributed by atoms with Crippen LogP contribution in [-0.4, -0.2) is 54.2 Å². The van der Waals surface area contributed by atoms with Crippen molar-refractivity contribution in [1.82, 2.24) is 9.91 Å². The van der Waals surface area contributed by atoms with Gasteiger partial charge < -0.3 is 9.15 Å². The number of furan rings is 1. The van der Waals surface area contributed by atoms with E-state index in [0.29, 0.717) is 18.6 Å². The normalized spacial score (nSPS) is 17.9. The Morgan fingerprint density at radius 1 is 1.44 bits per heavy atom. The van der Waals surface area contributed by atoms with Crippen molar-refractivity contribution in [3.8, 4) is 0 Å². The molecule has 0 fully saturated rings. The second kappa shape index (κ2) is 8.49. The highest BCUT2D eigenvalue weighted by Gasteiger charge is 2.36. The van der Waals surface area contributed by atoms with Crippen LogP contribution >= 0.6 is 11.3 Å². The van der Waals surface area contributed by atoms with Gasteiger partial charge in [-0.05, 0) is 37.0 Å². The van der Waals surface area contributed by atoms with E-state index in [-0.39, 0.29) is 24.5 Å². The van der Waals surface area contributed by atoms with Crippen molar-refractivity contribution in [2.24, 2.45) is 5.10 Å². The quantitative estimate of drug-likeness (QED) is 0.681. The molecule has 0 spiro atoms. The minimum atomic E-state index is -0.463. The number of nitrogens with zero attached hydrogens (tertiary/aromatic N) is 3.